The van der Waals surface area contributed by atoms with Crippen LogP contribution in [-0.2, 0) is 4.74 Å². The van der Waals surface area contributed by atoms with Crippen molar-refractivity contribution < 1.29 is 9.66 Å². The molecule has 2 aromatic rings. The molecule has 134 valence electrons. The molecule has 8 heteroatoms. The highest BCUT2D eigenvalue weighted by atomic mass is 16.6. The van der Waals surface area contributed by atoms with Crippen molar-refractivity contribution in [2.75, 3.05) is 18.5 Å². The van der Waals surface area contributed by atoms with E-state index in [9.17, 15) is 14.9 Å². The number of fused-ring (bicyclic) bond motifs is 1. The Labute approximate surface area is 144 Å². The van der Waals surface area contributed by atoms with Gasteiger partial charge < -0.3 is 15.0 Å². The Bertz CT molecular complexity index is 797. The maximum atomic E-state index is 11.8. The normalized spacial score (nSPS) is 15.8. The van der Waals surface area contributed by atoms with Gasteiger partial charge in [0.15, 0.2) is 0 Å². The van der Waals surface area contributed by atoms with E-state index < -0.39 is 10.5 Å². The second-order valence-electron chi connectivity index (χ2n) is 6.29. The van der Waals surface area contributed by atoms with Gasteiger partial charge in [0, 0.05) is 12.6 Å². The summed E-state index contributed by atoms with van der Waals surface area (Å²) in [5.74, 6) is 0. The third kappa shape index (κ3) is 4.33. The predicted octanol–water partition coefficient (Wildman–Crippen LogP) is 2.98. The van der Waals surface area contributed by atoms with Crippen LogP contribution >= 0.6 is 0 Å². The molecule has 0 radical (unpaired) electrons. The lowest BCUT2D eigenvalue weighted by molar-refractivity contribution is -0.383. The average Bonchev–Trinajstić information content (AvgIpc) is 2.87. The number of aromatic nitrogens is 2. The largest absolute Gasteiger partial charge is 0.377 e. The average molecular weight is 346 g/mol. The van der Waals surface area contributed by atoms with E-state index >= 15 is 0 Å². The summed E-state index contributed by atoms with van der Waals surface area (Å²) in [5, 5.41) is 14.5. The number of nitro groups is 1. The fraction of sp³-hybridized carbons (Fsp3) is 0.529. The van der Waals surface area contributed by atoms with Crippen LogP contribution in [0.3, 0.4) is 0 Å². The molecule has 0 bridgehead atoms. The third-order valence-corrected chi connectivity index (χ3v) is 4.53. The molecule has 1 aliphatic rings. The number of hydrogen-bond donors (Lipinski definition) is 2. The summed E-state index contributed by atoms with van der Waals surface area (Å²) in [6.45, 7) is 0.953. The summed E-state index contributed by atoms with van der Waals surface area (Å²) in [7, 11) is 0. The van der Waals surface area contributed by atoms with Crippen LogP contribution in [0.25, 0.3) is 10.9 Å². The Morgan fingerprint density at radius 3 is 2.76 bits per heavy atom. The molecule has 8 nitrogen and oxygen atoms in total. The summed E-state index contributed by atoms with van der Waals surface area (Å²) in [5.41, 5.74) is 0.235. The number of benzene rings is 1. The van der Waals surface area contributed by atoms with Crippen LogP contribution in [-0.4, -0.2) is 34.1 Å². The fourth-order valence-corrected chi connectivity index (χ4v) is 3.22. The van der Waals surface area contributed by atoms with Crippen molar-refractivity contribution >= 4 is 22.3 Å². The molecule has 0 saturated heterocycles. The van der Waals surface area contributed by atoms with Gasteiger partial charge in [-0.1, -0.05) is 25.7 Å². The zero-order chi connectivity index (χ0) is 17.6. The number of anilines is 1. The van der Waals surface area contributed by atoms with Crippen molar-refractivity contribution in [2.24, 2.45) is 0 Å². The highest BCUT2D eigenvalue weighted by Crippen LogP contribution is 2.27. The molecule has 0 aliphatic heterocycles. The lowest BCUT2D eigenvalue weighted by Crippen LogP contribution is -2.18. The lowest BCUT2D eigenvalue weighted by Gasteiger charge is -2.16. The zero-order valence-electron chi connectivity index (χ0n) is 14.0. The van der Waals surface area contributed by atoms with Gasteiger partial charge >= 0.3 is 0 Å². The molecular weight excluding hydrogens is 324 g/mol. The van der Waals surface area contributed by atoms with Gasteiger partial charge in [-0.2, -0.15) is 0 Å². The van der Waals surface area contributed by atoms with Gasteiger partial charge in [0.1, 0.15) is 5.69 Å². The molecule has 0 atom stereocenters. The van der Waals surface area contributed by atoms with Gasteiger partial charge in [-0.15, -0.1) is 0 Å². The SMILES string of the molecule is O=c1[nH]cnc2cc(NCCOC3CCCCCC3)c([N+](=O)[O-])cc12. The van der Waals surface area contributed by atoms with Crippen LogP contribution in [0, 0.1) is 10.1 Å². The maximum absolute atomic E-state index is 11.8. The molecule has 1 saturated carbocycles. The Balaban J connectivity index is 1.66. The monoisotopic (exact) mass is 346 g/mol. The van der Waals surface area contributed by atoms with Crippen LogP contribution < -0.4 is 10.9 Å². The van der Waals surface area contributed by atoms with Gasteiger partial charge in [-0.25, -0.2) is 4.98 Å². The number of H-pyrrole nitrogens is 1. The summed E-state index contributed by atoms with van der Waals surface area (Å²) in [4.78, 5) is 29.1. The minimum absolute atomic E-state index is 0.138. The topological polar surface area (TPSA) is 110 Å². The maximum Gasteiger partial charge on any atom is 0.293 e. The molecule has 0 unspecified atom stereocenters. The van der Waals surface area contributed by atoms with Crippen LogP contribution in [0.1, 0.15) is 38.5 Å². The molecular formula is C17H22N4O4. The Kier molecular flexibility index (Phi) is 5.60. The number of rotatable bonds is 6. The first-order chi connectivity index (χ1) is 12.1. The Morgan fingerprint density at radius 2 is 2.04 bits per heavy atom. The highest BCUT2D eigenvalue weighted by molar-refractivity contribution is 5.86. The number of ether oxygens (including phenoxy) is 1. The minimum Gasteiger partial charge on any atom is -0.377 e. The van der Waals surface area contributed by atoms with E-state index in [1.54, 1.807) is 0 Å². The van der Waals surface area contributed by atoms with Crippen molar-refractivity contribution in [3.05, 3.63) is 38.9 Å². The molecule has 3 rings (SSSR count). The number of nitrogens with zero attached hydrogens (tertiary/aromatic N) is 2. The molecule has 2 N–H and O–H groups in total. The van der Waals surface area contributed by atoms with Crippen molar-refractivity contribution in [2.45, 2.75) is 44.6 Å². The molecule has 1 fully saturated rings. The highest BCUT2D eigenvalue weighted by Gasteiger charge is 2.17. The second kappa shape index (κ2) is 8.06. The second-order valence-corrected chi connectivity index (χ2v) is 6.29. The smallest absolute Gasteiger partial charge is 0.293 e. The Hall–Kier alpha value is -2.48. The van der Waals surface area contributed by atoms with E-state index in [1.165, 1.54) is 44.1 Å². The summed E-state index contributed by atoms with van der Waals surface area (Å²) < 4.78 is 5.89. The van der Waals surface area contributed by atoms with Gasteiger partial charge in [0.25, 0.3) is 11.2 Å². The van der Waals surface area contributed by atoms with Gasteiger partial charge in [-0.05, 0) is 18.9 Å². The number of nitrogens with one attached hydrogen (secondary N) is 2. The lowest BCUT2D eigenvalue weighted by atomic mass is 10.1. The zero-order valence-corrected chi connectivity index (χ0v) is 14.0. The molecule has 1 aliphatic carbocycles. The van der Waals surface area contributed by atoms with E-state index in [1.807, 2.05) is 0 Å². The van der Waals surface area contributed by atoms with Crippen LogP contribution in [0.2, 0.25) is 0 Å². The molecule has 0 amide bonds. The standard InChI is InChI=1S/C17H22N4O4/c22-17-13-9-16(21(23)24)15(10-14(13)19-11-20-17)18-7-8-25-12-5-3-1-2-4-6-12/h9-12,18H,1-8H2,(H,19,20,22). The van der Waals surface area contributed by atoms with Crippen molar-refractivity contribution in [3.8, 4) is 0 Å². The quantitative estimate of drug-likeness (QED) is 0.360. The summed E-state index contributed by atoms with van der Waals surface area (Å²) in [6, 6.07) is 2.80. The minimum atomic E-state index is -0.500. The first-order valence-electron chi connectivity index (χ1n) is 8.66. The van der Waals surface area contributed by atoms with Crippen molar-refractivity contribution in [1.29, 1.82) is 0 Å². The predicted molar refractivity (Wildman–Crippen MR) is 94.9 cm³/mol. The molecule has 1 aromatic carbocycles. The van der Waals surface area contributed by atoms with E-state index in [2.05, 4.69) is 15.3 Å². The van der Waals surface area contributed by atoms with Crippen molar-refractivity contribution in [3.63, 3.8) is 0 Å². The summed E-state index contributed by atoms with van der Waals surface area (Å²) in [6.07, 6.45) is 8.70. The van der Waals surface area contributed by atoms with Crippen LogP contribution in [0.5, 0.6) is 0 Å². The Morgan fingerprint density at radius 1 is 1.28 bits per heavy atom. The van der Waals surface area contributed by atoms with E-state index in [-0.39, 0.29) is 17.2 Å². The van der Waals surface area contributed by atoms with E-state index in [4.69, 9.17) is 4.74 Å². The molecule has 0 spiro atoms. The van der Waals surface area contributed by atoms with Gasteiger partial charge in [0.05, 0.1) is 34.9 Å². The number of hydrogen-bond acceptors (Lipinski definition) is 6. The van der Waals surface area contributed by atoms with Crippen LogP contribution in [0.4, 0.5) is 11.4 Å². The van der Waals surface area contributed by atoms with E-state index in [0.29, 0.717) is 24.4 Å². The first-order valence-corrected chi connectivity index (χ1v) is 8.66. The van der Waals surface area contributed by atoms with Gasteiger partial charge in [0.2, 0.25) is 0 Å². The first kappa shape index (κ1) is 17.3. The third-order valence-electron chi connectivity index (χ3n) is 4.53. The summed E-state index contributed by atoms with van der Waals surface area (Å²) >= 11 is 0. The molecule has 25 heavy (non-hydrogen) atoms. The fourth-order valence-electron chi connectivity index (χ4n) is 3.22. The molecule has 1 heterocycles. The van der Waals surface area contributed by atoms with Crippen molar-refractivity contribution in [1.82, 2.24) is 9.97 Å². The van der Waals surface area contributed by atoms with Crippen LogP contribution in [0.15, 0.2) is 23.3 Å². The van der Waals surface area contributed by atoms with E-state index in [0.717, 1.165) is 12.8 Å². The number of nitro benzene ring substituents is 1. The van der Waals surface area contributed by atoms with Gasteiger partial charge in [-0.3, -0.25) is 14.9 Å². The number of aromatic amines is 1. The molecule has 1 aromatic heterocycles.